The molecule has 3 aromatic carbocycles. The SMILES string of the molecule is C[C@@H](OC(=O)Nc1nncn1-c1ccc(-c2ccc(C3([C-]=O)CC3)cc2)cc1)c1ccccc1Cl.[Na+]. The van der Waals surface area contributed by atoms with E-state index in [4.69, 9.17) is 16.3 Å². The molecule has 0 unspecified atom stereocenters. The molecule has 0 spiro atoms. The normalized spacial score (nSPS) is 14.3. The summed E-state index contributed by atoms with van der Waals surface area (Å²) in [6.07, 6.45) is 4.23. The Labute approximate surface area is 236 Å². The Morgan fingerprint density at radius 2 is 1.69 bits per heavy atom. The van der Waals surface area contributed by atoms with Gasteiger partial charge < -0.3 is 9.53 Å². The van der Waals surface area contributed by atoms with E-state index in [9.17, 15) is 9.59 Å². The first-order valence-electron chi connectivity index (χ1n) is 11.2. The zero-order valence-corrected chi connectivity index (χ0v) is 22.7. The summed E-state index contributed by atoms with van der Waals surface area (Å²) < 4.78 is 7.12. The van der Waals surface area contributed by atoms with Crippen molar-refractivity contribution in [1.29, 1.82) is 0 Å². The minimum absolute atomic E-state index is 0. The van der Waals surface area contributed by atoms with E-state index in [0.717, 1.165) is 35.2 Å². The first kappa shape index (κ1) is 26.1. The quantitative estimate of drug-likeness (QED) is 0.306. The standard InChI is InChI=1S/C27H22ClN4O3.Na/c1-18(23-4-2-3-5-24(23)28)35-26(34)30-25-31-29-17-32(25)22-12-8-20(9-13-22)19-6-10-21(11-7-19)27(16-33)14-15-27;/h2-13,17-18H,14-15H2,1H3,(H,30,31,34);/q-1;+1/t18-;/m1./s1. The van der Waals surface area contributed by atoms with Crippen LogP contribution in [0, 0.1) is 0 Å². The van der Waals surface area contributed by atoms with Gasteiger partial charge in [-0.05, 0) is 36.2 Å². The minimum Gasteiger partial charge on any atom is -0.541 e. The zero-order chi connectivity index (χ0) is 24.4. The van der Waals surface area contributed by atoms with Crippen LogP contribution in [0.25, 0.3) is 16.8 Å². The topological polar surface area (TPSA) is 86.1 Å². The maximum absolute atomic E-state index is 12.5. The third kappa shape index (κ3) is 5.39. The molecule has 1 heterocycles. The fourth-order valence-corrected chi connectivity index (χ4v) is 4.32. The number of amides is 1. The van der Waals surface area contributed by atoms with E-state index in [-0.39, 0.29) is 35.5 Å². The predicted octanol–water partition coefficient (Wildman–Crippen LogP) is 3.04. The van der Waals surface area contributed by atoms with Gasteiger partial charge in [-0.25, -0.2) is 4.79 Å². The van der Waals surface area contributed by atoms with Crippen LogP contribution in [0.3, 0.4) is 0 Å². The molecule has 0 radical (unpaired) electrons. The molecule has 7 nitrogen and oxygen atoms in total. The maximum Gasteiger partial charge on any atom is 1.00 e. The van der Waals surface area contributed by atoms with Crippen LogP contribution in [0.1, 0.15) is 37.0 Å². The van der Waals surface area contributed by atoms with Gasteiger partial charge in [0.25, 0.3) is 0 Å². The summed E-state index contributed by atoms with van der Waals surface area (Å²) in [5.41, 5.74) is 4.18. The smallest absolute Gasteiger partial charge is 0.541 e. The molecule has 176 valence electrons. The molecule has 1 amide bonds. The van der Waals surface area contributed by atoms with Crippen LogP contribution in [0.15, 0.2) is 79.1 Å². The van der Waals surface area contributed by atoms with Crippen LogP contribution in [-0.2, 0) is 14.9 Å². The van der Waals surface area contributed by atoms with Gasteiger partial charge in [0.2, 0.25) is 5.95 Å². The van der Waals surface area contributed by atoms with E-state index < -0.39 is 17.6 Å². The number of nitrogens with zero attached hydrogens (tertiary/aromatic N) is 3. The average molecular weight is 509 g/mol. The Balaban J connectivity index is 0.00000304. The van der Waals surface area contributed by atoms with Gasteiger partial charge in [-0.2, -0.15) is 0 Å². The van der Waals surface area contributed by atoms with Crippen LogP contribution < -0.4 is 34.9 Å². The molecule has 0 saturated heterocycles. The van der Waals surface area contributed by atoms with Gasteiger partial charge in [-0.3, -0.25) is 16.2 Å². The van der Waals surface area contributed by atoms with Crippen molar-refractivity contribution in [3.8, 4) is 16.8 Å². The van der Waals surface area contributed by atoms with Crippen LogP contribution in [0.4, 0.5) is 10.7 Å². The van der Waals surface area contributed by atoms with Crippen molar-refractivity contribution in [1.82, 2.24) is 14.8 Å². The van der Waals surface area contributed by atoms with Crippen LogP contribution in [0.2, 0.25) is 5.02 Å². The summed E-state index contributed by atoms with van der Waals surface area (Å²) in [4.78, 5) is 23.7. The summed E-state index contributed by atoms with van der Waals surface area (Å²) in [5.74, 6) is 0.235. The number of rotatable bonds is 7. The van der Waals surface area contributed by atoms with Crippen LogP contribution in [0.5, 0.6) is 0 Å². The Hall–Kier alpha value is -2.97. The summed E-state index contributed by atoms with van der Waals surface area (Å²) >= 11 is 6.19. The second-order valence-corrected chi connectivity index (χ2v) is 8.93. The molecule has 0 bridgehead atoms. The van der Waals surface area contributed by atoms with Crippen LogP contribution >= 0.6 is 11.6 Å². The van der Waals surface area contributed by atoms with E-state index in [1.807, 2.05) is 66.7 Å². The zero-order valence-electron chi connectivity index (χ0n) is 19.9. The van der Waals surface area contributed by atoms with E-state index >= 15 is 0 Å². The fourth-order valence-electron chi connectivity index (χ4n) is 4.03. The second kappa shape index (κ2) is 11.0. The Morgan fingerprint density at radius 1 is 1.06 bits per heavy atom. The molecule has 1 aliphatic rings. The Morgan fingerprint density at radius 3 is 2.31 bits per heavy atom. The number of ether oxygens (including phenoxy) is 1. The first-order chi connectivity index (χ1) is 17.0. The van der Waals surface area contributed by atoms with E-state index in [1.54, 1.807) is 17.6 Å². The third-order valence-electron chi connectivity index (χ3n) is 6.25. The number of carbonyl (C=O) groups excluding carboxylic acids is 2. The number of anilines is 1. The molecule has 0 aliphatic heterocycles. The van der Waals surface area contributed by atoms with Gasteiger partial charge >= 0.3 is 35.7 Å². The van der Waals surface area contributed by atoms with E-state index in [2.05, 4.69) is 21.8 Å². The monoisotopic (exact) mass is 508 g/mol. The summed E-state index contributed by atoms with van der Waals surface area (Å²) in [7, 11) is 0. The second-order valence-electron chi connectivity index (χ2n) is 8.53. The van der Waals surface area contributed by atoms with Crippen molar-refractivity contribution < 1.29 is 43.9 Å². The van der Waals surface area contributed by atoms with Crippen molar-refractivity contribution >= 4 is 29.9 Å². The predicted molar refractivity (Wildman–Crippen MR) is 133 cm³/mol. The first-order valence-corrected chi connectivity index (χ1v) is 11.6. The number of nitrogens with one attached hydrogen (secondary N) is 1. The third-order valence-corrected chi connectivity index (χ3v) is 6.59. The van der Waals surface area contributed by atoms with Crippen LogP contribution in [-0.4, -0.2) is 27.1 Å². The molecule has 5 rings (SSSR count). The molecule has 4 aromatic rings. The molecular weight excluding hydrogens is 487 g/mol. The minimum atomic E-state index is -0.663. The molecule has 36 heavy (non-hydrogen) atoms. The summed E-state index contributed by atoms with van der Waals surface area (Å²) in [5, 5.41) is 11.1. The molecular formula is C27H22ClN4NaO3. The number of carbonyl (C=O) groups is 1. The van der Waals surface area contributed by atoms with Crippen molar-refractivity contribution in [3.63, 3.8) is 0 Å². The molecule has 1 saturated carbocycles. The summed E-state index contributed by atoms with van der Waals surface area (Å²) in [6.45, 7) is 1.75. The fraction of sp³-hybridized carbons (Fsp3) is 0.185. The van der Waals surface area contributed by atoms with Gasteiger partial charge in [0.05, 0.1) is 5.69 Å². The summed E-state index contributed by atoms with van der Waals surface area (Å²) in [6, 6.07) is 23.0. The Kier molecular flexibility index (Phi) is 7.95. The number of hydrogen-bond donors (Lipinski definition) is 1. The van der Waals surface area contributed by atoms with Crippen molar-refractivity contribution in [2.75, 3.05) is 5.32 Å². The van der Waals surface area contributed by atoms with Gasteiger partial charge in [-0.1, -0.05) is 84.6 Å². The van der Waals surface area contributed by atoms with Crippen molar-refractivity contribution in [2.24, 2.45) is 0 Å². The molecule has 1 fully saturated rings. The number of aromatic nitrogens is 3. The Bertz CT molecular complexity index is 1370. The number of benzene rings is 3. The van der Waals surface area contributed by atoms with Gasteiger partial charge in [0, 0.05) is 10.6 Å². The molecule has 1 aliphatic carbocycles. The van der Waals surface area contributed by atoms with Gasteiger partial charge in [0.1, 0.15) is 12.4 Å². The number of halogens is 1. The largest absolute Gasteiger partial charge is 1.00 e. The van der Waals surface area contributed by atoms with Crippen molar-refractivity contribution in [3.05, 3.63) is 95.3 Å². The van der Waals surface area contributed by atoms with E-state index in [1.165, 1.54) is 6.33 Å². The number of hydrogen-bond acceptors (Lipinski definition) is 5. The van der Waals surface area contributed by atoms with Gasteiger partial charge in [0.15, 0.2) is 0 Å². The average Bonchev–Trinajstić information content (AvgIpc) is 3.56. The van der Waals surface area contributed by atoms with Gasteiger partial charge in [-0.15, -0.1) is 15.6 Å². The molecule has 1 atom stereocenters. The maximum atomic E-state index is 12.5. The molecule has 1 N–H and O–H groups in total. The van der Waals surface area contributed by atoms with E-state index in [0.29, 0.717) is 10.6 Å². The molecule has 9 heteroatoms. The molecule has 1 aromatic heterocycles. The van der Waals surface area contributed by atoms with Crippen molar-refractivity contribution in [2.45, 2.75) is 31.3 Å².